The molecular weight excluding hydrogens is 388 g/mol. The molecule has 1 amide bonds. The minimum atomic E-state index is -0.426. The van der Waals surface area contributed by atoms with Gasteiger partial charge in [-0.3, -0.25) is 4.79 Å². The van der Waals surface area contributed by atoms with Gasteiger partial charge in [-0.25, -0.2) is 5.43 Å². The fourth-order valence-electron chi connectivity index (χ4n) is 2.69. The van der Waals surface area contributed by atoms with Crippen LogP contribution in [0.15, 0.2) is 35.4 Å². The summed E-state index contributed by atoms with van der Waals surface area (Å²) in [6.45, 7) is 8.56. The van der Waals surface area contributed by atoms with Gasteiger partial charge in [0.25, 0.3) is 5.91 Å². The Bertz CT molecular complexity index is 883. The number of hydrogen-bond donors (Lipinski definition) is 2. The van der Waals surface area contributed by atoms with Crippen LogP contribution in [0.2, 0.25) is 0 Å². The predicted octanol–water partition coefficient (Wildman–Crippen LogP) is 3.75. The molecule has 0 aliphatic heterocycles. The molecule has 0 bridgehead atoms. The van der Waals surface area contributed by atoms with Crippen molar-refractivity contribution in [3.8, 4) is 28.7 Å². The van der Waals surface area contributed by atoms with Gasteiger partial charge in [0, 0.05) is 11.1 Å². The Morgan fingerprint density at radius 3 is 2.03 bits per heavy atom. The van der Waals surface area contributed by atoms with Gasteiger partial charge >= 0.3 is 0 Å². The zero-order chi connectivity index (χ0) is 22.1. The molecule has 2 aromatic rings. The van der Waals surface area contributed by atoms with Gasteiger partial charge in [0.05, 0.1) is 32.6 Å². The van der Waals surface area contributed by atoms with Crippen molar-refractivity contribution in [3.63, 3.8) is 0 Å². The molecule has 0 radical (unpaired) electrons. The number of carbonyl (C=O) groups is 1. The van der Waals surface area contributed by atoms with E-state index in [1.807, 2.05) is 20.8 Å². The molecule has 0 aliphatic rings. The average molecular weight is 416 g/mol. The molecule has 0 saturated heterocycles. The van der Waals surface area contributed by atoms with Crippen molar-refractivity contribution in [2.24, 2.45) is 5.10 Å². The van der Waals surface area contributed by atoms with E-state index in [0.717, 1.165) is 0 Å². The molecule has 0 fully saturated rings. The number of phenolic OH excluding ortho intramolecular Hbond substituents is 1. The lowest BCUT2D eigenvalue weighted by atomic mass is 10.1. The Morgan fingerprint density at radius 1 is 0.933 bits per heavy atom. The van der Waals surface area contributed by atoms with Gasteiger partial charge < -0.3 is 24.1 Å². The highest BCUT2D eigenvalue weighted by molar-refractivity contribution is 6.01. The van der Waals surface area contributed by atoms with Crippen LogP contribution in [-0.2, 0) is 0 Å². The van der Waals surface area contributed by atoms with Crippen LogP contribution in [0.4, 0.5) is 0 Å². The summed E-state index contributed by atoms with van der Waals surface area (Å²) in [5.41, 5.74) is 4.10. The highest BCUT2D eigenvalue weighted by Gasteiger charge is 2.18. The fourth-order valence-corrected chi connectivity index (χ4v) is 2.69. The maximum Gasteiger partial charge on any atom is 0.271 e. The molecule has 0 heterocycles. The third-order valence-electron chi connectivity index (χ3n) is 4.09. The first-order chi connectivity index (χ1) is 14.4. The lowest BCUT2D eigenvalue weighted by Gasteiger charge is -2.16. The number of nitrogens with zero attached hydrogens (tertiary/aromatic N) is 1. The maximum atomic E-state index is 12.7. The van der Waals surface area contributed by atoms with E-state index in [0.29, 0.717) is 59.7 Å². The van der Waals surface area contributed by atoms with E-state index < -0.39 is 5.91 Å². The number of nitrogens with one attached hydrogen (secondary N) is 1. The lowest BCUT2D eigenvalue weighted by Crippen LogP contribution is -2.20. The second kappa shape index (κ2) is 10.9. The molecule has 2 rings (SSSR count). The number of hydrazone groups is 1. The number of ether oxygens (including phenoxy) is 4. The minimum Gasteiger partial charge on any atom is -0.504 e. The SMILES string of the molecule is CCOc1cc(C(=O)NN=C(C)c2ccc(O)c(OC)c2)cc(OCC)c1OCC. The molecule has 0 atom stereocenters. The number of rotatable bonds is 10. The highest BCUT2D eigenvalue weighted by atomic mass is 16.5. The van der Waals surface area contributed by atoms with Crippen LogP contribution in [0.3, 0.4) is 0 Å². The summed E-state index contributed by atoms with van der Waals surface area (Å²) in [5, 5.41) is 13.9. The van der Waals surface area contributed by atoms with Crippen LogP contribution in [0, 0.1) is 0 Å². The molecule has 162 valence electrons. The van der Waals surface area contributed by atoms with Crippen molar-refractivity contribution in [2.75, 3.05) is 26.9 Å². The zero-order valence-electron chi connectivity index (χ0n) is 17.9. The summed E-state index contributed by atoms with van der Waals surface area (Å²) in [5.74, 6) is 1.25. The Hall–Kier alpha value is -3.42. The van der Waals surface area contributed by atoms with E-state index >= 15 is 0 Å². The van der Waals surface area contributed by atoms with Crippen LogP contribution >= 0.6 is 0 Å². The molecular formula is C22H28N2O6. The Balaban J connectivity index is 2.30. The second-order valence-electron chi connectivity index (χ2n) is 6.13. The van der Waals surface area contributed by atoms with Gasteiger partial charge in [-0.15, -0.1) is 0 Å². The number of hydrogen-bond acceptors (Lipinski definition) is 7. The normalized spacial score (nSPS) is 11.0. The number of benzene rings is 2. The summed E-state index contributed by atoms with van der Waals surface area (Å²) in [6.07, 6.45) is 0. The second-order valence-corrected chi connectivity index (χ2v) is 6.13. The van der Waals surface area contributed by atoms with E-state index in [4.69, 9.17) is 18.9 Å². The molecule has 0 saturated carbocycles. The Labute approximate surface area is 176 Å². The van der Waals surface area contributed by atoms with E-state index in [2.05, 4.69) is 10.5 Å². The van der Waals surface area contributed by atoms with Crippen LogP contribution < -0.4 is 24.4 Å². The molecule has 8 nitrogen and oxygen atoms in total. The van der Waals surface area contributed by atoms with E-state index in [-0.39, 0.29) is 5.75 Å². The van der Waals surface area contributed by atoms with Crippen molar-refractivity contribution in [2.45, 2.75) is 27.7 Å². The molecule has 30 heavy (non-hydrogen) atoms. The monoisotopic (exact) mass is 416 g/mol. The molecule has 2 N–H and O–H groups in total. The van der Waals surface area contributed by atoms with E-state index in [1.165, 1.54) is 13.2 Å². The van der Waals surface area contributed by atoms with Crippen LogP contribution in [0.1, 0.15) is 43.6 Å². The summed E-state index contributed by atoms with van der Waals surface area (Å²) in [7, 11) is 1.46. The molecule has 0 aliphatic carbocycles. The molecule has 0 unspecified atom stereocenters. The van der Waals surface area contributed by atoms with Crippen molar-refractivity contribution in [1.29, 1.82) is 0 Å². The summed E-state index contributed by atoms with van der Waals surface area (Å²) < 4.78 is 22.0. The maximum absolute atomic E-state index is 12.7. The van der Waals surface area contributed by atoms with Gasteiger partial charge in [-0.2, -0.15) is 5.10 Å². The number of methoxy groups -OCH3 is 1. The number of carbonyl (C=O) groups excluding carboxylic acids is 1. The van der Waals surface area contributed by atoms with Gasteiger partial charge in [-0.05, 0) is 58.0 Å². The summed E-state index contributed by atoms with van der Waals surface area (Å²) in [6, 6.07) is 8.02. The van der Waals surface area contributed by atoms with Crippen molar-refractivity contribution in [3.05, 3.63) is 41.5 Å². The first kappa shape index (κ1) is 22.9. The quantitative estimate of drug-likeness (QED) is 0.452. The first-order valence-electron chi connectivity index (χ1n) is 9.73. The van der Waals surface area contributed by atoms with Gasteiger partial charge in [0.2, 0.25) is 5.75 Å². The predicted molar refractivity (Wildman–Crippen MR) is 114 cm³/mol. The van der Waals surface area contributed by atoms with Crippen molar-refractivity contribution < 1.29 is 28.8 Å². The average Bonchev–Trinajstić information content (AvgIpc) is 2.74. The fraction of sp³-hybridized carbons (Fsp3) is 0.364. The summed E-state index contributed by atoms with van der Waals surface area (Å²) in [4.78, 5) is 12.7. The first-order valence-corrected chi connectivity index (χ1v) is 9.73. The van der Waals surface area contributed by atoms with E-state index in [1.54, 1.807) is 31.2 Å². The van der Waals surface area contributed by atoms with Crippen LogP contribution in [0.5, 0.6) is 28.7 Å². The third-order valence-corrected chi connectivity index (χ3v) is 4.09. The van der Waals surface area contributed by atoms with Crippen LogP contribution in [-0.4, -0.2) is 43.7 Å². The molecule has 8 heteroatoms. The largest absolute Gasteiger partial charge is 0.504 e. The molecule has 0 spiro atoms. The van der Waals surface area contributed by atoms with Crippen molar-refractivity contribution in [1.82, 2.24) is 5.43 Å². The number of aromatic hydroxyl groups is 1. The Kier molecular flexibility index (Phi) is 8.34. The highest BCUT2D eigenvalue weighted by Crippen LogP contribution is 2.39. The minimum absolute atomic E-state index is 0.0272. The Morgan fingerprint density at radius 2 is 1.50 bits per heavy atom. The topological polar surface area (TPSA) is 98.6 Å². The summed E-state index contributed by atoms with van der Waals surface area (Å²) >= 11 is 0. The lowest BCUT2D eigenvalue weighted by molar-refractivity contribution is 0.0953. The zero-order valence-corrected chi connectivity index (χ0v) is 17.9. The van der Waals surface area contributed by atoms with Crippen molar-refractivity contribution >= 4 is 11.6 Å². The van der Waals surface area contributed by atoms with Gasteiger partial charge in [-0.1, -0.05) is 0 Å². The number of phenols is 1. The third kappa shape index (κ3) is 5.56. The van der Waals surface area contributed by atoms with Gasteiger partial charge in [0.15, 0.2) is 23.0 Å². The standard InChI is InChI=1S/C22H28N2O6/c1-6-28-19-12-16(13-20(29-7-2)21(19)30-8-3)22(26)24-23-14(4)15-9-10-17(25)18(11-15)27-5/h9-13,25H,6-8H2,1-5H3,(H,24,26). The number of amides is 1. The van der Waals surface area contributed by atoms with Crippen LogP contribution in [0.25, 0.3) is 0 Å². The smallest absolute Gasteiger partial charge is 0.271 e. The molecule has 0 aromatic heterocycles. The van der Waals surface area contributed by atoms with Gasteiger partial charge in [0.1, 0.15) is 0 Å². The van der Waals surface area contributed by atoms with E-state index in [9.17, 15) is 9.90 Å². The molecule has 2 aromatic carbocycles.